The van der Waals surface area contributed by atoms with E-state index in [0.29, 0.717) is 12.8 Å². The summed E-state index contributed by atoms with van der Waals surface area (Å²) in [5.74, 6) is -0.820. The second kappa shape index (κ2) is 6.58. The maximum atomic E-state index is 13.9. The molecule has 0 spiro atoms. The summed E-state index contributed by atoms with van der Waals surface area (Å²) in [4.78, 5) is 9.91. The summed E-state index contributed by atoms with van der Waals surface area (Å²) >= 11 is 0. The Morgan fingerprint density at radius 2 is 2.05 bits per heavy atom. The third-order valence-electron chi connectivity index (χ3n) is 3.57. The first-order valence-electron chi connectivity index (χ1n) is 6.27. The Balaban J connectivity index is 2.89. The normalized spacial score (nSPS) is 11.6. The van der Waals surface area contributed by atoms with Crippen LogP contribution in [0.5, 0.6) is 0 Å². The van der Waals surface area contributed by atoms with Crippen LogP contribution in [-0.2, 0) is 6.54 Å². The zero-order chi connectivity index (χ0) is 14.5. The van der Waals surface area contributed by atoms with Gasteiger partial charge in [-0.05, 0) is 12.8 Å². The van der Waals surface area contributed by atoms with Gasteiger partial charge in [-0.2, -0.15) is 4.39 Å². The molecule has 19 heavy (non-hydrogen) atoms. The van der Waals surface area contributed by atoms with Crippen molar-refractivity contribution in [3.8, 4) is 0 Å². The van der Waals surface area contributed by atoms with Crippen LogP contribution in [0.25, 0.3) is 0 Å². The van der Waals surface area contributed by atoms with Crippen LogP contribution < -0.4 is 5.32 Å². The molecule has 0 amide bonds. The Kier molecular flexibility index (Phi) is 5.38. The zero-order valence-corrected chi connectivity index (χ0v) is 11.1. The van der Waals surface area contributed by atoms with Crippen LogP contribution in [0.2, 0.25) is 0 Å². The highest BCUT2D eigenvalue weighted by atomic mass is 19.1. The van der Waals surface area contributed by atoms with Crippen molar-refractivity contribution in [3.05, 3.63) is 39.7 Å². The first kappa shape index (κ1) is 15.5. The molecule has 0 saturated carbocycles. The van der Waals surface area contributed by atoms with Crippen molar-refractivity contribution in [3.63, 3.8) is 0 Å². The molecule has 1 aromatic carbocycles. The predicted molar refractivity (Wildman–Crippen MR) is 70.3 cm³/mol. The van der Waals surface area contributed by atoms with Crippen molar-refractivity contribution >= 4 is 5.69 Å². The third kappa shape index (κ3) is 3.48. The number of benzene rings is 1. The Labute approximate surface area is 111 Å². The summed E-state index contributed by atoms with van der Waals surface area (Å²) in [7, 11) is 0. The number of hydrogen-bond donors (Lipinski definition) is 2. The van der Waals surface area contributed by atoms with Crippen LogP contribution in [-0.4, -0.2) is 22.2 Å². The lowest BCUT2D eigenvalue weighted by atomic mass is 9.93. The van der Waals surface area contributed by atoms with E-state index in [0.717, 1.165) is 6.07 Å². The summed E-state index contributed by atoms with van der Waals surface area (Å²) in [6.07, 6.45) is 1.38. The molecular weight excluding hydrogens is 251 g/mol. The maximum absolute atomic E-state index is 13.9. The van der Waals surface area contributed by atoms with Crippen LogP contribution in [0.4, 0.5) is 10.1 Å². The molecule has 0 aliphatic heterocycles. The lowest BCUT2D eigenvalue weighted by Crippen LogP contribution is -2.47. The summed E-state index contributed by atoms with van der Waals surface area (Å²) in [6, 6.07) is 4.09. The lowest BCUT2D eigenvalue weighted by Gasteiger charge is -2.31. The van der Waals surface area contributed by atoms with Gasteiger partial charge in [0.15, 0.2) is 0 Å². The first-order valence-corrected chi connectivity index (χ1v) is 6.27. The van der Waals surface area contributed by atoms with Crippen molar-refractivity contribution < 1.29 is 14.4 Å². The average molecular weight is 270 g/mol. The van der Waals surface area contributed by atoms with E-state index in [9.17, 15) is 19.6 Å². The second-order valence-electron chi connectivity index (χ2n) is 4.51. The van der Waals surface area contributed by atoms with Gasteiger partial charge in [0.1, 0.15) is 0 Å². The van der Waals surface area contributed by atoms with Gasteiger partial charge in [-0.15, -0.1) is 0 Å². The number of nitrogens with zero attached hydrogens (tertiary/aromatic N) is 1. The molecule has 0 unspecified atom stereocenters. The molecule has 0 heterocycles. The van der Waals surface area contributed by atoms with Crippen LogP contribution in [0.1, 0.15) is 32.3 Å². The number of nitro groups is 1. The van der Waals surface area contributed by atoms with Gasteiger partial charge in [0, 0.05) is 23.7 Å². The molecule has 2 N–H and O–H groups in total. The fourth-order valence-corrected chi connectivity index (χ4v) is 1.91. The molecule has 106 valence electrons. The number of rotatable bonds is 7. The summed E-state index contributed by atoms with van der Waals surface area (Å²) < 4.78 is 13.9. The molecule has 6 heteroatoms. The molecule has 0 fully saturated rings. The Hall–Kier alpha value is -1.53. The zero-order valence-electron chi connectivity index (χ0n) is 11.1. The number of nitrogens with one attached hydrogen (secondary N) is 1. The number of halogens is 1. The quantitative estimate of drug-likeness (QED) is 0.589. The van der Waals surface area contributed by atoms with Crippen molar-refractivity contribution in [2.75, 3.05) is 6.61 Å². The topological polar surface area (TPSA) is 75.4 Å². The average Bonchev–Trinajstić information content (AvgIpc) is 2.42. The van der Waals surface area contributed by atoms with E-state index in [1.165, 1.54) is 12.1 Å². The highest BCUT2D eigenvalue weighted by Gasteiger charge is 2.25. The molecule has 0 radical (unpaired) electrons. The molecule has 1 aromatic rings. The monoisotopic (exact) mass is 270 g/mol. The first-order chi connectivity index (χ1) is 8.99. The SMILES string of the molecule is CCC(CC)(CO)NCc1cccc([N+](=O)[O-])c1F. The molecule has 0 saturated heterocycles. The lowest BCUT2D eigenvalue weighted by molar-refractivity contribution is -0.387. The van der Waals surface area contributed by atoms with Gasteiger partial charge < -0.3 is 10.4 Å². The summed E-state index contributed by atoms with van der Waals surface area (Å²) in [5, 5.41) is 23.1. The van der Waals surface area contributed by atoms with Crippen molar-refractivity contribution in [1.29, 1.82) is 0 Å². The Morgan fingerprint density at radius 1 is 1.42 bits per heavy atom. The number of aliphatic hydroxyl groups is 1. The molecule has 0 bridgehead atoms. The minimum atomic E-state index is -0.820. The third-order valence-corrected chi connectivity index (χ3v) is 3.57. The van der Waals surface area contributed by atoms with Crippen molar-refractivity contribution in [2.24, 2.45) is 0 Å². The van der Waals surface area contributed by atoms with Gasteiger partial charge in [-0.25, -0.2) is 0 Å². The summed E-state index contributed by atoms with van der Waals surface area (Å²) in [5.41, 5.74) is -0.771. The van der Waals surface area contributed by atoms with E-state index < -0.39 is 22.0 Å². The van der Waals surface area contributed by atoms with Gasteiger partial charge in [-0.3, -0.25) is 10.1 Å². The van der Waals surface area contributed by atoms with Crippen LogP contribution >= 0.6 is 0 Å². The minimum absolute atomic E-state index is 0.0590. The highest BCUT2D eigenvalue weighted by molar-refractivity contribution is 5.36. The highest BCUT2D eigenvalue weighted by Crippen LogP contribution is 2.21. The van der Waals surface area contributed by atoms with Crippen molar-refractivity contribution in [2.45, 2.75) is 38.8 Å². The standard InChI is InChI=1S/C13H19FN2O3/c1-3-13(4-2,9-17)15-8-10-6-5-7-11(12(10)14)16(18)19/h5-7,15,17H,3-4,8-9H2,1-2H3. The van der Waals surface area contributed by atoms with E-state index in [1.54, 1.807) is 0 Å². The molecular formula is C13H19FN2O3. The predicted octanol–water partition coefficient (Wildman–Crippen LogP) is 2.37. The van der Waals surface area contributed by atoms with Crippen molar-refractivity contribution in [1.82, 2.24) is 5.32 Å². The van der Waals surface area contributed by atoms with E-state index in [4.69, 9.17) is 0 Å². The summed E-state index contributed by atoms with van der Waals surface area (Å²) in [6.45, 7) is 3.94. The molecule has 0 atom stereocenters. The molecule has 0 aliphatic rings. The Bertz CT molecular complexity index is 439. The minimum Gasteiger partial charge on any atom is -0.394 e. The Morgan fingerprint density at radius 3 is 2.53 bits per heavy atom. The van der Waals surface area contributed by atoms with E-state index in [2.05, 4.69) is 5.32 Å². The molecule has 0 aliphatic carbocycles. The van der Waals surface area contributed by atoms with Crippen LogP contribution in [0.15, 0.2) is 18.2 Å². The number of hydrogen-bond acceptors (Lipinski definition) is 4. The van der Waals surface area contributed by atoms with Crippen LogP contribution in [0.3, 0.4) is 0 Å². The molecule has 0 aromatic heterocycles. The van der Waals surface area contributed by atoms with Gasteiger partial charge in [0.25, 0.3) is 0 Å². The van der Waals surface area contributed by atoms with Gasteiger partial charge >= 0.3 is 5.69 Å². The van der Waals surface area contributed by atoms with E-state index in [-0.39, 0.29) is 18.7 Å². The number of nitro benzene ring substituents is 1. The van der Waals surface area contributed by atoms with Gasteiger partial charge in [-0.1, -0.05) is 26.0 Å². The number of aliphatic hydroxyl groups excluding tert-OH is 1. The smallest absolute Gasteiger partial charge is 0.305 e. The molecule has 5 nitrogen and oxygen atoms in total. The maximum Gasteiger partial charge on any atom is 0.305 e. The van der Waals surface area contributed by atoms with Crippen LogP contribution in [0, 0.1) is 15.9 Å². The fourth-order valence-electron chi connectivity index (χ4n) is 1.91. The molecule has 1 rings (SSSR count). The fraction of sp³-hybridized carbons (Fsp3) is 0.538. The second-order valence-corrected chi connectivity index (χ2v) is 4.51. The van der Waals surface area contributed by atoms with Gasteiger partial charge in [0.2, 0.25) is 5.82 Å². The van der Waals surface area contributed by atoms with Gasteiger partial charge in [0.05, 0.1) is 11.5 Å². The van der Waals surface area contributed by atoms with E-state index >= 15 is 0 Å². The largest absolute Gasteiger partial charge is 0.394 e. The van der Waals surface area contributed by atoms with E-state index in [1.807, 2.05) is 13.8 Å².